The van der Waals surface area contributed by atoms with Crippen LogP contribution in [0.1, 0.15) is 36.2 Å². The first-order valence-electron chi connectivity index (χ1n) is 11.2. The molecule has 4 rings (SSSR count). The molecule has 0 bridgehead atoms. The lowest BCUT2D eigenvalue weighted by Gasteiger charge is -2.10. The first-order chi connectivity index (χ1) is 16.2. The topological polar surface area (TPSA) is 55.0 Å². The molecular formula is C29H26N2O2. The lowest BCUT2D eigenvalue weighted by molar-refractivity contribution is 0.104. The molecule has 1 aromatic heterocycles. The average Bonchev–Trinajstić information content (AvgIpc) is 3.21. The zero-order chi connectivity index (χ0) is 23.2. The molecular weight excluding hydrogens is 408 g/mol. The number of rotatable bonds is 8. The molecule has 0 spiro atoms. The first kappa shape index (κ1) is 22.1. The van der Waals surface area contributed by atoms with Gasteiger partial charge in [-0.1, -0.05) is 67.6 Å². The van der Waals surface area contributed by atoms with Gasteiger partial charge in [0.15, 0.2) is 0 Å². The summed E-state index contributed by atoms with van der Waals surface area (Å²) >= 11 is 0. The van der Waals surface area contributed by atoms with E-state index >= 15 is 0 Å². The third kappa shape index (κ3) is 4.44. The van der Waals surface area contributed by atoms with Crippen molar-refractivity contribution < 1.29 is 9.53 Å². The normalized spacial score (nSPS) is 11.4. The summed E-state index contributed by atoms with van der Waals surface area (Å²) < 4.78 is 7.78. The Balaban J connectivity index is 1.83. The number of carbonyl (C=O) groups is 1. The number of nitrogens with zero attached hydrogens (tertiary/aromatic N) is 2. The minimum absolute atomic E-state index is 0.105. The fraction of sp³-hybridized carbons (Fsp3) is 0.172. The van der Waals surface area contributed by atoms with Crippen molar-refractivity contribution in [3.63, 3.8) is 0 Å². The number of aromatic nitrogens is 1. The largest absolute Gasteiger partial charge is 0.494 e. The molecule has 0 aliphatic carbocycles. The smallest absolute Gasteiger partial charge is 0.206 e. The van der Waals surface area contributed by atoms with Crippen molar-refractivity contribution in [1.29, 1.82) is 5.26 Å². The highest BCUT2D eigenvalue weighted by Gasteiger charge is 2.25. The molecule has 0 saturated heterocycles. The summed E-state index contributed by atoms with van der Waals surface area (Å²) in [5.41, 5.74) is 4.23. The SMILES string of the molecule is CCCOc1ccc(C=C(C#N)C(=O)c2c(-c3ccccc3)n(CC)c3ccccc23)cc1. The van der Waals surface area contributed by atoms with Gasteiger partial charge in [0.25, 0.3) is 0 Å². The molecule has 164 valence electrons. The zero-order valence-corrected chi connectivity index (χ0v) is 18.9. The third-order valence-corrected chi connectivity index (χ3v) is 5.59. The van der Waals surface area contributed by atoms with Gasteiger partial charge >= 0.3 is 0 Å². The summed E-state index contributed by atoms with van der Waals surface area (Å²) in [6, 6.07) is 27.4. The molecule has 0 aliphatic heterocycles. The molecule has 0 fully saturated rings. The maximum absolute atomic E-state index is 13.8. The van der Waals surface area contributed by atoms with Gasteiger partial charge in [-0.15, -0.1) is 0 Å². The average molecular weight is 435 g/mol. The molecule has 1 heterocycles. The van der Waals surface area contributed by atoms with Crippen LogP contribution in [0.15, 0.2) is 84.4 Å². The standard InChI is InChI=1S/C29H26N2O2/c1-3-18-33-24-16-14-21(15-17-24)19-23(20-30)29(32)27-25-12-8-9-13-26(25)31(4-2)28(27)22-10-6-5-7-11-22/h5-17,19H,3-4,18H2,1-2H3. The molecule has 0 unspecified atom stereocenters. The predicted molar refractivity (Wildman–Crippen MR) is 133 cm³/mol. The number of hydrogen-bond donors (Lipinski definition) is 0. The van der Waals surface area contributed by atoms with Gasteiger partial charge < -0.3 is 9.30 Å². The second-order valence-corrected chi connectivity index (χ2v) is 7.77. The van der Waals surface area contributed by atoms with Crippen LogP contribution in [0, 0.1) is 11.3 Å². The maximum Gasteiger partial charge on any atom is 0.206 e. The van der Waals surface area contributed by atoms with Crippen LogP contribution in [0.2, 0.25) is 0 Å². The van der Waals surface area contributed by atoms with Crippen molar-refractivity contribution in [1.82, 2.24) is 4.57 Å². The quantitative estimate of drug-likeness (QED) is 0.172. The van der Waals surface area contributed by atoms with E-state index in [0.717, 1.165) is 39.9 Å². The number of nitriles is 1. The molecule has 33 heavy (non-hydrogen) atoms. The summed E-state index contributed by atoms with van der Waals surface area (Å²) in [6.07, 6.45) is 2.59. The third-order valence-electron chi connectivity index (χ3n) is 5.59. The van der Waals surface area contributed by atoms with Crippen LogP contribution in [-0.4, -0.2) is 17.0 Å². The summed E-state index contributed by atoms with van der Waals surface area (Å²) in [6.45, 7) is 5.49. The van der Waals surface area contributed by atoms with Gasteiger partial charge in [-0.3, -0.25) is 4.79 Å². The van der Waals surface area contributed by atoms with E-state index in [1.807, 2.05) is 78.9 Å². The van der Waals surface area contributed by atoms with Gasteiger partial charge in [-0.2, -0.15) is 5.26 Å². The van der Waals surface area contributed by atoms with E-state index in [2.05, 4.69) is 24.5 Å². The fourth-order valence-corrected chi connectivity index (χ4v) is 4.09. The van der Waals surface area contributed by atoms with Crippen molar-refractivity contribution in [2.24, 2.45) is 0 Å². The van der Waals surface area contributed by atoms with E-state index in [0.29, 0.717) is 18.7 Å². The van der Waals surface area contributed by atoms with Crippen LogP contribution in [0.25, 0.3) is 28.2 Å². The molecule has 4 nitrogen and oxygen atoms in total. The molecule has 0 aliphatic rings. The highest BCUT2D eigenvalue weighted by Crippen LogP contribution is 2.35. The van der Waals surface area contributed by atoms with E-state index in [1.165, 1.54) is 0 Å². The van der Waals surface area contributed by atoms with Crippen LogP contribution in [0.5, 0.6) is 5.75 Å². The Morgan fingerprint density at radius 2 is 1.67 bits per heavy atom. The Morgan fingerprint density at radius 1 is 0.970 bits per heavy atom. The predicted octanol–water partition coefficient (Wildman–Crippen LogP) is 6.91. The highest BCUT2D eigenvalue weighted by atomic mass is 16.5. The summed E-state index contributed by atoms with van der Waals surface area (Å²) in [5.74, 6) is 0.502. The van der Waals surface area contributed by atoms with Gasteiger partial charge in [0.05, 0.1) is 17.9 Å². The van der Waals surface area contributed by atoms with Gasteiger partial charge in [0.1, 0.15) is 17.4 Å². The minimum Gasteiger partial charge on any atom is -0.494 e. The number of para-hydroxylation sites is 1. The van der Waals surface area contributed by atoms with Gasteiger partial charge in [0, 0.05) is 17.4 Å². The van der Waals surface area contributed by atoms with Crippen LogP contribution < -0.4 is 4.74 Å². The van der Waals surface area contributed by atoms with Crippen molar-refractivity contribution >= 4 is 22.8 Å². The number of allylic oxidation sites excluding steroid dienone is 1. The molecule has 0 saturated carbocycles. The monoisotopic (exact) mass is 434 g/mol. The van der Waals surface area contributed by atoms with Crippen LogP contribution in [-0.2, 0) is 6.54 Å². The molecule has 0 amide bonds. The number of carbonyl (C=O) groups excluding carboxylic acids is 1. The van der Waals surface area contributed by atoms with Crippen LogP contribution >= 0.6 is 0 Å². The van der Waals surface area contributed by atoms with Crippen LogP contribution in [0.4, 0.5) is 0 Å². The second-order valence-electron chi connectivity index (χ2n) is 7.77. The van der Waals surface area contributed by atoms with E-state index in [-0.39, 0.29) is 11.4 Å². The van der Waals surface area contributed by atoms with Gasteiger partial charge in [-0.25, -0.2) is 0 Å². The lowest BCUT2D eigenvalue weighted by Crippen LogP contribution is -2.05. The van der Waals surface area contributed by atoms with Crippen LogP contribution in [0.3, 0.4) is 0 Å². The van der Waals surface area contributed by atoms with Gasteiger partial charge in [-0.05, 0) is 48.7 Å². The van der Waals surface area contributed by atoms with E-state index < -0.39 is 0 Å². The molecule has 0 atom stereocenters. The van der Waals surface area contributed by atoms with Crippen molar-refractivity contribution in [2.45, 2.75) is 26.8 Å². The number of hydrogen-bond acceptors (Lipinski definition) is 3. The minimum atomic E-state index is -0.272. The number of ether oxygens (including phenoxy) is 1. The number of fused-ring (bicyclic) bond motifs is 1. The van der Waals surface area contributed by atoms with Crippen molar-refractivity contribution in [2.75, 3.05) is 6.61 Å². The lowest BCUT2D eigenvalue weighted by atomic mass is 9.96. The summed E-state index contributed by atoms with van der Waals surface area (Å²) in [7, 11) is 0. The number of benzene rings is 3. The summed E-state index contributed by atoms with van der Waals surface area (Å²) in [5, 5.41) is 10.8. The first-order valence-corrected chi connectivity index (χ1v) is 11.2. The Kier molecular flexibility index (Phi) is 6.71. The molecule has 0 radical (unpaired) electrons. The van der Waals surface area contributed by atoms with E-state index in [1.54, 1.807) is 6.08 Å². The van der Waals surface area contributed by atoms with Gasteiger partial charge in [0.2, 0.25) is 5.78 Å². The molecule has 3 aromatic carbocycles. The number of Topliss-reactive ketones (excluding diaryl/α,β-unsaturated/α-hetero) is 1. The zero-order valence-electron chi connectivity index (χ0n) is 18.9. The van der Waals surface area contributed by atoms with Crippen molar-refractivity contribution in [3.05, 3.63) is 95.6 Å². The Morgan fingerprint density at radius 3 is 2.33 bits per heavy atom. The Hall–Kier alpha value is -4.10. The fourth-order valence-electron chi connectivity index (χ4n) is 4.09. The van der Waals surface area contributed by atoms with E-state index in [9.17, 15) is 10.1 Å². The summed E-state index contributed by atoms with van der Waals surface area (Å²) in [4.78, 5) is 13.8. The number of ketones is 1. The van der Waals surface area contributed by atoms with Crippen molar-refractivity contribution in [3.8, 4) is 23.1 Å². The number of aryl methyl sites for hydroxylation is 1. The molecule has 4 aromatic rings. The second kappa shape index (κ2) is 10.0. The molecule has 0 N–H and O–H groups in total. The maximum atomic E-state index is 13.8. The van der Waals surface area contributed by atoms with E-state index in [4.69, 9.17) is 4.74 Å². The molecule has 4 heteroatoms. The Bertz CT molecular complexity index is 1340. The Labute approximate surface area is 194 Å². The highest BCUT2D eigenvalue weighted by molar-refractivity contribution is 6.23.